The van der Waals surface area contributed by atoms with Crippen LogP contribution in [-0.4, -0.2) is 0 Å². The highest BCUT2D eigenvalue weighted by atomic mass is 14.6. The molecule has 0 aromatic heterocycles. The van der Waals surface area contributed by atoms with Crippen LogP contribution in [0, 0.1) is 29.6 Å². The summed E-state index contributed by atoms with van der Waals surface area (Å²) in [6.07, 6.45) is 9.34. The molecular weight excluding hydrogens is 144 g/mol. The molecule has 0 amide bonds. The van der Waals surface area contributed by atoms with E-state index in [1.165, 1.54) is 19.3 Å². The number of hydrogen-bond acceptors (Lipinski definition) is 0. The lowest BCUT2D eigenvalue weighted by molar-refractivity contribution is 0.252. The Morgan fingerprint density at radius 3 is 3.00 bits per heavy atom. The first-order valence-corrected chi connectivity index (χ1v) is 5.22. The van der Waals surface area contributed by atoms with Gasteiger partial charge >= 0.3 is 0 Å². The van der Waals surface area contributed by atoms with Crippen molar-refractivity contribution in [1.29, 1.82) is 0 Å². The average Bonchev–Trinajstić information content (AvgIpc) is 2.61. The fourth-order valence-electron chi connectivity index (χ4n) is 4.13. The molecule has 2 saturated carbocycles. The second-order valence-electron chi connectivity index (χ2n) is 5.24. The average molecular weight is 161 g/mol. The van der Waals surface area contributed by atoms with E-state index in [9.17, 15) is 0 Å². The molecule has 0 heterocycles. The Morgan fingerprint density at radius 1 is 1.42 bits per heavy atom. The standard InChI is InChI=1S/C12H17/c1-8-3-4-10-9-5-6-12(2,7-9)11(8)10/h3,6,9-11H,4-5,7H2,1-2H3. The van der Waals surface area contributed by atoms with Crippen molar-refractivity contribution in [1.82, 2.24) is 0 Å². The largest absolute Gasteiger partial charge is 0.0850 e. The van der Waals surface area contributed by atoms with E-state index in [0.717, 1.165) is 17.8 Å². The van der Waals surface area contributed by atoms with Gasteiger partial charge in [-0.3, -0.25) is 0 Å². The Bertz CT molecular complexity index is 251. The minimum atomic E-state index is 0.590. The lowest BCUT2D eigenvalue weighted by Crippen LogP contribution is -2.26. The zero-order chi connectivity index (χ0) is 8.34. The third-order valence-corrected chi connectivity index (χ3v) is 4.54. The molecule has 2 bridgehead atoms. The van der Waals surface area contributed by atoms with Gasteiger partial charge in [-0.15, -0.1) is 0 Å². The maximum atomic E-state index is 2.60. The Morgan fingerprint density at radius 2 is 2.25 bits per heavy atom. The number of rotatable bonds is 0. The van der Waals surface area contributed by atoms with Crippen LogP contribution < -0.4 is 0 Å². The first kappa shape index (κ1) is 7.17. The zero-order valence-corrected chi connectivity index (χ0v) is 8.01. The normalized spacial score (nSPS) is 55.8. The predicted octanol–water partition coefficient (Wildman–Crippen LogP) is 3.20. The van der Waals surface area contributed by atoms with Gasteiger partial charge in [0.25, 0.3) is 0 Å². The highest BCUT2D eigenvalue weighted by Gasteiger charge is 2.56. The Hall–Kier alpha value is -0.260. The summed E-state index contributed by atoms with van der Waals surface area (Å²) in [5.41, 5.74) is 2.27. The number of allylic oxidation sites excluding steroid dienone is 2. The monoisotopic (exact) mass is 161 g/mol. The molecule has 1 radical (unpaired) electrons. The van der Waals surface area contributed by atoms with Gasteiger partial charge in [0.05, 0.1) is 0 Å². The van der Waals surface area contributed by atoms with Crippen molar-refractivity contribution in [2.45, 2.75) is 33.1 Å². The quantitative estimate of drug-likeness (QED) is 0.479. The van der Waals surface area contributed by atoms with Crippen LogP contribution >= 0.6 is 0 Å². The third kappa shape index (κ3) is 0.654. The maximum absolute atomic E-state index is 2.60. The fourth-order valence-corrected chi connectivity index (χ4v) is 4.13. The van der Waals surface area contributed by atoms with Crippen LogP contribution in [0.3, 0.4) is 0 Å². The fraction of sp³-hybridized carbons (Fsp3) is 0.750. The maximum Gasteiger partial charge on any atom is -0.0115 e. The minimum absolute atomic E-state index is 0.590. The summed E-state index contributed by atoms with van der Waals surface area (Å²) < 4.78 is 0. The summed E-state index contributed by atoms with van der Waals surface area (Å²) in [5, 5.41) is 0. The lowest BCUT2D eigenvalue weighted by atomic mass is 9.71. The van der Waals surface area contributed by atoms with Gasteiger partial charge < -0.3 is 0 Å². The van der Waals surface area contributed by atoms with Gasteiger partial charge in [0.15, 0.2) is 0 Å². The van der Waals surface area contributed by atoms with Crippen molar-refractivity contribution in [2.24, 2.45) is 23.2 Å². The smallest absolute Gasteiger partial charge is 0.0115 e. The highest BCUT2D eigenvalue weighted by Crippen LogP contribution is 2.64. The van der Waals surface area contributed by atoms with E-state index in [0.29, 0.717) is 5.41 Å². The van der Waals surface area contributed by atoms with E-state index >= 15 is 0 Å². The third-order valence-electron chi connectivity index (χ3n) is 4.54. The topological polar surface area (TPSA) is 0 Å². The molecule has 0 nitrogen and oxygen atoms in total. The molecule has 0 spiro atoms. The molecule has 65 valence electrons. The molecular formula is C12H17. The molecule has 0 aromatic carbocycles. The van der Waals surface area contributed by atoms with Gasteiger partial charge in [0.2, 0.25) is 0 Å². The molecule has 0 saturated heterocycles. The van der Waals surface area contributed by atoms with Crippen molar-refractivity contribution in [2.75, 3.05) is 0 Å². The molecule has 4 atom stereocenters. The summed E-state index contributed by atoms with van der Waals surface area (Å²) in [7, 11) is 0. The SMILES string of the molecule is CC1=CCC2C3C[CH]C(C)(C3)C12. The van der Waals surface area contributed by atoms with Crippen molar-refractivity contribution in [3.05, 3.63) is 18.1 Å². The molecule has 4 unspecified atom stereocenters. The second-order valence-corrected chi connectivity index (χ2v) is 5.24. The first-order chi connectivity index (χ1) is 5.71. The lowest BCUT2D eigenvalue weighted by Gasteiger charge is -2.33. The van der Waals surface area contributed by atoms with Crippen LogP contribution in [0.15, 0.2) is 11.6 Å². The summed E-state index contributed by atoms with van der Waals surface area (Å²) in [4.78, 5) is 0. The van der Waals surface area contributed by atoms with Gasteiger partial charge in [0.1, 0.15) is 0 Å². The van der Waals surface area contributed by atoms with Crippen LogP contribution in [0.25, 0.3) is 0 Å². The predicted molar refractivity (Wildman–Crippen MR) is 50.5 cm³/mol. The first-order valence-electron chi connectivity index (χ1n) is 5.22. The van der Waals surface area contributed by atoms with Crippen molar-refractivity contribution >= 4 is 0 Å². The summed E-state index contributed by atoms with van der Waals surface area (Å²) in [5.74, 6) is 2.99. The molecule has 0 aromatic rings. The zero-order valence-electron chi connectivity index (χ0n) is 8.01. The van der Waals surface area contributed by atoms with Gasteiger partial charge in [-0.1, -0.05) is 18.6 Å². The van der Waals surface area contributed by atoms with Crippen LogP contribution in [0.5, 0.6) is 0 Å². The van der Waals surface area contributed by atoms with Gasteiger partial charge in [0, 0.05) is 0 Å². The summed E-state index contributed by atoms with van der Waals surface area (Å²) >= 11 is 0. The van der Waals surface area contributed by atoms with E-state index in [4.69, 9.17) is 0 Å². The van der Waals surface area contributed by atoms with Crippen LogP contribution in [0.4, 0.5) is 0 Å². The Kier molecular flexibility index (Phi) is 1.18. The van der Waals surface area contributed by atoms with Crippen molar-refractivity contribution in [3.63, 3.8) is 0 Å². The van der Waals surface area contributed by atoms with E-state index < -0.39 is 0 Å². The molecule has 12 heavy (non-hydrogen) atoms. The number of fused-ring (bicyclic) bond motifs is 5. The van der Waals surface area contributed by atoms with Crippen LogP contribution in [-0.2, 0) is 0 Å². The van der Waals surface area contributed by atoms with Crippen LogP contribution in [0.2, 0.25) is 0 Å². The van der Waals surface area contributed by atoms with Gasteiger partial charge in [-0.05, 0) is 55.8 Å². The molecule has 0 N–H and O–H groups in total. The van der Waals surface area contributed by atoms with E-state index in [-0.39, 0.29) is 0 Å². The minimum Gasteiger partial charge on any atom is -0.0850 e. The Labute approximate surface area is 75.0 Å². The van der Waals surface area contributed by atoms with Crippen LogP contribution in [0.1, 0.15) is 33.1 Å². The molecule has 3 rings (SSSR count). The molecule has 0 heteroatoms. The molecule has 2 fully saturated rings. The number of hydrogen-bond donors (Lipinski definition) is 0. The van der Waals surface area contributed by atoms with E-state index in [2.05, 4.69) is 26.3 Å². The van der Waals surface area contributed by atoms with E-state index in [1.807, 2.05) is 0 Å². The van der Waals surface area contributed by atoms with Crippen molar-refractivity contribution < 1.29 is 0 Å². The second kappa shape index (κ2) is 1.97. The highest BCUT2D eigenvalue weighted by molar-refractivity contribution is 5.27. The summed E-state index contributed by atoms with van der Waals surface area (Å²) in [6.45, 7) is 4.81. The molecule has 3 aliphatic carbocycles. The van der Waals surface area contributed by atoms with E-state index in [1.54, 1.807) is 5.57 Å². The molecule has 3 aliphatic rings. The molecule has 0 aliphatic heterocycles. The van der Waals surface area contributed by atoms with Gasteiger partial charge in [-0.25, -0.2) is 0 Å². The van der Waals surface area contributed by atoms with Gasteiger partial charge in [-0.2, -0.15) is 0 Å². The summed E-state index contributed by atoms with van der Waals surface area (Å²) in [6, 6.07) is 0. The van der Waals surface area contributed by atoms with Crippen molar-refractivity contribution in [3.8, 4) is 0 Å². The Balaban J connectivity index is 2.03.